The summed E-state index contributed by atoms with van der Waals surface area (Å²) in [4.78, 5) is 37.2. The Kier molecular flexibility index (Phi) is 3.87. The average molecular weight is 293 g/mol. The SMILES string of the molecule is O=C1NC(=O)C2(CCN(C(=O)CCC3CCCCC3)C2)N1. The Bertz CT molecular complexity index is 459. The van der Waals surface area contributed by atoms with Gasteiger partial charge in [0.05, 0.1) is 6.54 Å². The van der Waals surface area contributed by atoms with Gasteiger partial charge in [-0.15, -0.1) is 0 Å². The van der Waals surface area contributed by atoms with E-state index < -0.39 is 11.6 Å². The molecule has 3 fully saturated rings. The molecule has 0 aromatic carbocycles. The lowest BCUT2D eigenvalue weighted by Crippen LogP contribution is -2.49. The van der Waals surface area contributed by atoms with Gasteiger partial charge in [-0.3, -0.25) is 14.9 Å². The van der Waals surface area contributed by atoms with E-state index in [1.165, 1.54) is 32.1 Å². The van der Waals surface area contributed by atoms with Crippen molar-refractivity contribution in [3.63, 3.8) is 0 Å². The van der Waals surface area contributed by atoms with Gasteiger partial charge in [-0.05, 0) is 18.8 Å². The number of carbonyl (C=O) groups is 3. The minimum absolute atomic E-state index is 0.117. The molecule has 21 heavy (non-hydrogen) atoms. The molecule has 4 amide bonds. The molecule has 2 heterocycles. The van der Waals surface area contributed by atoms with E-state index in [2.05, 4.69) is 10.6 Å². The highest BCUT2D eigenvalue weighted by atomic mass is 16.2. The van der Waals surface area contributed by atoms with E-state index in [4.69, 9.17) is 0 Å². The number of carbonyl (C=O) groups excluding carboxylic acids is 3. The predicted octanol–water partition coefficient (Wildman–Crippen LogP) is 1.16. The van der Waals surface area contributed by atoms with Gasteiger partial charge in [0.25, 0.3) is 5.91 Å². The molecule has 6 heteroatoms. The number of urea groups is 1. The lowest BCUT2D eigenvalue weighted by molar-refractivity contribution is -0.131. The lowest BCUT2D eigenvalue weighted by atomic mass is 9.86. The molecule has 6 nitrogen and oxygen atoms in total. The highest BCUT2D eigenvalue weighted by Crippen LogP contribution is 2.29. The van der Waals surface area contributed by atoms with Gasteiger partial charge in [0.1, 0.15) is 5.54 Å². The fraction of sp³-hybridized carbons (Fsp3) is 0.800. The summed E-state index contributed by atoms with van der Waals surface area (Å²) in [6, 6.07) is -0.448. The maximum atomic E-state index is 12.3. The second kappa shape index (κ2) is 5.66. The summed E-state index contributed by atoms with van der Waals surface area (Å²) in [7, 11) is 0. The minimum atomic E-state index is -0.877. The maximum Gasteiger partial charge on any atom is 0.322 e. The van der Waals surface area contributed by atoms with Crippen LogP contribution in [-0.4, -0.2) is 41.4 Å². The van der Waals surface area contributed by atoms with Crippen LogP contribution in [0.2, 0.25) is 0 Å². The zero-order chi connectivity index (χ0) is 14.9. The van der Waals surface area contributed by atoms with Crippen LogP contribution < -0.4 is 10.6 Å². The molecule has 3 rings (SSSR count). The number of likely N-dealkylation sites (tertiary alicyclic amines) is 1. The number of hydrogen-bond acceptors (Lipinski definition) is 3. The summed E-state index contributed by atoms with van der Waals surface area (Å²) in [5, 5.41) is 4.94. The fourth-order valence-electron chi connectivity index (χ4n) is 3.80. The molecule has 0 aromatic heterocycles. The van der Waals surface area contributed by atoms with Crippen molar-refractivity contribution in [2.24, 2.45) is 5.92 Å². The zero-order valence-electron chi connectivity index (χ0n) is 12.3. The number of nitrogens with one attached hydrogen (secondary N) is 2. The monoisotopic (exact) mass is 293 g/mol. The van der Waals surface area contributed by atoms with Crippen LogP contribution in [0.1, 0.15) is 51.4 Å². The van der Waals surface area contributed by atoms with Crippen molar-refractivity contribution in [3.8, 4) is 0 Å². The highest BCUT2D eigenvalue weighted by Gasteiger charge is 2.51. The normalized spacial score (nSPS) is 29.8. The van der Waals surface area contributed by atoms with Crippen molar-refractivity contribution in [3.05, 3.63) is 0 Å². The van der Waals surface area contributed by atoms with E-state index in [0.29, 0.717) is 31.8 Å². The fourth-order valence-corrected chi connectivity index (χ4v) is 3.80. The lowest BCUT2D eigenvalue weighted by Gasteiger charge is -2.24. The van der Waals surface area contributed by atoms with Crippen molar-refractivity contribution >= 4 is 17.8 Å². The smallest absolute Gasteiger partial charge is 0.322 e. The Hall–Kier alpha value is -1.59. The maximum absolute atomic E-state index is 12.3. The molecule has 1 atom stereocenters. The van der Waals surface area contributed by atoms with E-state index in [9.17, 15) is 14.4 Å². The van der Waals surface area contributed by atoms with Crippen LogP contribution in [0.5, 0.6) is 0 Å². The molecular formula is C15H23N3O3. The Morgan fingerprint density at radius 3 is 2.67 bits per heavy atom. The van der Waals surface area contributed by atoms with Gasteiger partial charge in [0, 0.05) is 13.0 Å². The van der Waals surface area contributed by atoms with Crippen molar-refractivity contribution < 1.29 is 14.4 Å². The molecule has 1 saturated carbocycles. The highest BCUT2D eigenvalue weighted by molar-refractivity contribution is 6.07. The predicted molar refractivity (Wildman–Crippen MR) is 76.4 cm³/mol. The van der Waals surface area contributed by atoms with Gasteiger partial charge in [-0.1, -0.05) is 32.1 Å². The van der Waals surface area contributed by atoms with E-state index in [-0.39, 0.29) is 11.8 Å². The molecule has 2 aliphatic heterocycles. The van der Waals surface area contributed by atoms with Gasteiger partial charge in [-0.2, -0.15) is 0 Å². The van der Waals surface area contributed by atoms with Gasteiger partial charge in [0.2, 0.25) is 5.91 Å². The molecule has 116 valence electrons. The van der Waals surface area contributed by atoms with Crippen molar-refractivity contribution in [1.82, 2.24) is 15.5 Å². The van der Waals surface area contributed by atoms with E-state index in [0.717, 1.165) is 6.42 Å². The van der Waals surface area contributed by atoms with Gasteiger partial charge in [0.15, 0.2) is 0 Å². The molecule has 2 N–H and O–H groups in total. The summed E-state index contributed by atoms with van der Waals surface area (Å²) in [6.45, 7) is 0.866. The quantitative estimate of drug-likeness (QED) is 0.766. The summed E-state index contributed by atoms with van der Waals surface area (Å²) < 4.78 is 0. The summed E-state index contributed by atoms with van der Waals surface area (Å²) in [5.74, 6) is 0.509. The standard InChI is InChI=1S/C15H23N3O3/c19-12(7-6-11-4-2-1-3-5-11)18-9-8-15(10-18)13(20)16-14(21)17-15/h11H,1-10H2,(H2,16,17,20,21). The average Bonchev–Trinajstić information content (AvgIpc) is 3.02. The molecule has 0 bridgehead atoms. The van der Waals surface area contributed by atoms with Crippen molar-refractivity contribution in [2.45, 2.75) is 56.9 Å². The van der Waals surface area contributed by atoms with Crippen LogP contribution in [0.25, 0.3) is 0 Å². The molecule has 0 aromatic rings. The van der Waals surface area contributed by atoms with E-state index in [1.54, 1.807) is 4.90 Å². The summed E-state index contributed by atoms with van der Waals surface area (Å²) >= 11 is 0. The number of nitrogens with zero attached hydrogens (tertiary/aromatic N) is 1. The Labute approximate surface area is 124 Å². The third kappa shape index (κ3) is 2.89. The first kappa shape index (κ1) is 14.4. The first-order valence-electron chi connectivity index (χ1n) is 8.00. The second-order valence-electron chi connectivity index (χ2n) is 6.60. The number of amides is 4. The third-order valence-corrected chi connectivity index (χ3v) is 5.13. The van der Waals surface area contributed by atoms with Gasteiger partial charge >= 0.3 is 6.03 Å². The molecule has 1 unspecified atom stereocenters. The first-order chi connectivity index (χ1) is 10.1. The van der Waals surface area contributed by atoms with Crippen LogP contribution in [0, 0.1) is 5.92 Å². The van der Waals surface area contributed by atoms with Gasteiger partial charge < -0.3 is 10.2 Å². The molecule has 3 aliphatic rings. The molecule has 1 aliphatic carbocycles. The van der Waals surface area contributed by atoms with E-state index in [1.807, 2.05) is 0 Å². The number of imide groups is 1. The summed E-state index contributed by atoms with van der Waals surface area (Å²) in [5.41, 5.74) is -0.877. The Balaban J connectivity index is 1.50. The van der Waals surface area contributed by atoms with Crippen LogP contribution in [0.3, 0.4) is 0 Å². The zero-order valence-corrected chi connectivity index (χ0v) is 12.3. The van der Waals surface area contributed by atoms with Crippen LogP contribution in [0.4, 0.5) is 4.79 Å². The van der Waals surface area contributed by atoms with Crippen molar-refractivity contribution in [1.29, 1.82) is 0 Å². The molecule has 1 spiro atoms. The van der Waals surface area contributed by atoms with E-state index >= 15 is 0 Å². The largest absolute Gasteiger partial charge is 0.340 e. The summed E-state index contributed by atoms with van der Waals surface area (Å²) in [6.07, 6.45) is 8.44. The van der Waals surface area contributed by atoms with Gasteiger partial charge in [-0.25, -0.2) is 4.79 Å². The molecular weight excluding hydrogens is 270 g/mol. The Morgan fingerprint density at radius 1 is 1.24 bits per heavy atom. The molecule has 0 radical (unpaired) electrons. The van der Waals surface area contributed by atoms with Crippen LogP contribution in [0.15, 0.2) is 0 Å². The molecule has 2 saturated heterocycles. The topological polar surface area (TPSA) is 78.5 Å². The Morgan fingerprint density at radius 2 is 2.00 bits per heavy atom. The minimum Gasteiger partial charge on any atom is -0.340 e. The second-order valence-corrected chi connectivity index (χ2v) is 6.60. The third-order valence-electron chi connectivity index (χ3n) is 5.13. The number of rotatable bonds is 3. The first-order valence-corrected chi connectivity index (χ1v) is 8.00. The number of hydrogen-bond donors (Lipinski definition) is 2. The van der Waals surface area contributed by atoms with Crippen LogP contribution in [-0.2, 0) is 9.59 Å². The van der Waals surface area contributed by atoms with Crippen molar-refractivity contribution in [2.75, 3.05) is 13.1 Å². The van der Waals surface area contributed by atoms with Crippen LogP contribution >= 0.6 is 0 Å².